The zero-order valence-corrected chi connectivity index (χ0v) is 18.5. The molecule has 4 aromatic rings. The van der Waals surface area contributed by atoms with E-state index in [2.05, 4.69) is 0 Å². The minimum Gasteiger partial charge on any atom is -0.480 e. The summed E-state index contributed by atoms with van der Waals surface area (Å²) >= 11 is 0. The van der Waals surface area contributed by atoms with Crippen molar-refractivity contribution in [2.24, 2.45) is 7.05 Å². The van der Waals surface area contributed by atoms with Gasteiger partial charge < -0.3 is 14.2 Å². The Labute approximate surface area is 185 Å². The quantitative estimate of drug-likeness (QED) is 0.487. The van der Waals surface area contributed by atoms with Crippen molar-refractivity contribution < 1.29 is 18.3 Å². The van der Waals surface area contributed by atoms with Gasteiger partial charge in [-0.15, -0.1) is 0 Å². The van der Waals surface area contributed by atoms with Crippen molar-refractivity contribution in [3.8, 4) is 0 Å². The van der Waals surface area contributed by atoms with Crippen LogP contribution < -0.4 is 5.56 Å². The molecule has 0 saturated carbocycles. The van der Waals surface area contributed by atoms with Crippen LogP contribution in [0.4, 0.5) is 0 Å². The first-order chi connectivity index (χ1) is 15.2. The Hall–Kier alpha value is -3.65. The summed E-state index contributed by atoms with van der Waals surface area (Å²) in [5.74, 6) is -1.02. The van der Waals surface area contributed by atoms with Gasteiger partial charge in [-0.25, -0.2) is 8.42 Å². The number of hydrogen-bond donors (Lipinski definition) is 1. The molecule has 32 heavy (non-hydrogen) atoms. The van der Waals surface area contributed by atoms with Crippen molar-refractivity contribution in [3.63, 3.8) is 0 Å². The highest BCUT2D eigenvalue weighted by molar-refractivity contribution is 7.91. The van der Waals surface area contributed by atoms with Crippen LogP contribution in [0.2, 0.25) is 0 Å². The van der Waals surface area contributed by atoms with E-state index in [1.54, 1.807) is 85.4 Å². The molecule has 0 unspecified atom stereocenters. The lowest BCUT2D eigenvalue weighted by Crippen LogP contribution is -2.17. The lowest BCUT2D eigenvalue weighted by molar-refractivity contribution is -0.137. The highest BCUT2D eigenvalue weighted by Crippen LogP contribution is 2.30. The predicted octanol–water partition coefficient (Wildman–Crippen LogP) is 3.16. The number of aromatic nitrogens is 2. The maximum atomic E-state index is 13.3. The summed E-state index contributed by atoms with van der Waals surface area (Å²) in [6.45, 7) is 1.46. The number of pyridine rings is 1. The Kier molecular flexibility index (Phi) is 5.48. The third-order valence-corrected chi connectivity index (χ3v) is 7.53. The topological polar surface area (TPSA) is 98.4 Å². The normalized spacial score (nSPS) is 11.7. The van der Waals surface area contributed by atoms with Crippen molar-refractivity contribution in [2.75, 3.05) is 0 Å². The van der Waals surface area contributed by atoms with Crippen molar-refractivity contribution in [1.29, 1.82) is 0 Å². The average Bonchev–Trinajstić information content (AvgIpc) is 3.03. The number of carbonyl (C=O) groups is 1. The number of aryl methyl sites for hydroxylation is 1. The highest BCUT2D eigenvalue weighted by atomic mass is 32.2. The number of carboxylic acid groups (broad SMARTS) is 1. The molecule has 0 amide bonds. The van der Waals surface area contributed by atoms with E-state index < -0.39 is 15.8 Å². The SMILES string of the molecule is Cc1c(Cc2ccccc2S(=O)(=O)c2ccccc2)c2c(=O)n(C)ccc2n1CC(=O)O. The smallest absolute Gasteiger partial charge is 0.323 e. The number of aliphatic carboxylic acids is 1. The van der Waals surface area contributed by atoms with Crippen molar-refractivity contribution >= 4 is 26.7 Å². The fourth-order valence-corrected chi connectivity index (χ4v) is 5.55. The Morgan fingerprint density at radius 1 is 1.00 bits per heavy atom. The van der Waals surface area contributed by atoms with Crippen molar-refractivity contribution in [1.82, 2.24) is 9.13 Å². The van der Waals surface area contributed by atoms with Gasteiger partial charge in [0.2, 0.25) is 9.84 Å². The number of nitrogens with zero attached hydrogens (tertiary/aromatic N) is 2. The van der Waals surface area contributed by atoms with E-state index in [1.807, 2.05) is 0 Å². The molecule has 1 N–H and O–H groups in total. The van der Waals surface area contributed by atoms with Gasteiger partial charge in [-0.05, 0) is 42.3 Å². The third-order valence-electron chi connectivity index (χ3n) is 5.66. The van der Waals surface area contributed by atoms with Gasteiger partial charge in [-0.3, -0.25) is 9.59 Å². The molecule has 2 aromatic carbocycles. The largest absolute Gasteiger partial charge is 0.480 e. The minimum absolute atomic E-state index is 0.164. The van der Waals surface area contributed by atoms with Gasteiger partial charge in [0.15, 0.2) is 0 Å². The second-order valence-corrected chi connectivity index (χ2v) is 9.55. The molecule has 0 fully saturated rings. The molecule has 0 aliphatic rings. The molecule has 0 bridgehead atoms. The van der Waals surface area contributed by atoms with Crippen LogP contribution in [0.3, 0.4) is 0 Å². The van der Waals surface area contributed by atoms with E-state index in [-0.39, 0.29) is 28.3 Å². The molecule has 2 aromatic heterocycles. The molecule has 2 heterocycles. The molecule has 0 radical (unpaired) electrons. The Bertz CT molecular complexity index is 1500. The first kappa shape index (κ1) is 21.6. The summed E-state index contributed by atoms with van der Waals surface area (Å²) in [7, 11) is -2.14. The van der Waals surface area contributed by atoms with Crippen LogP contribution in [0.15, 0.2) is 81.4 Å². The molecule has 4 rings (SSSR count). The van der Waals surface area contributed by atoms with Crippen molar-refractivity contribution in [3.05, 3.63) is 94.0 Å². The number of sulfone groups is 1. The Balaban J connectivity index is 1.93. The molecule has 0 aliphatic carbocycles. The molecule has 0 atom stereocenters. The fraction of sp³-hybridized carbons (Fsp3) is 0.167. The number of rotatable bonds is 6. The third kappa shape index (κ3) is 3.62. The van der Waals surface area contributed by atoms with E-state index in [9.17, 15) is 23.1 Å². The zero-order chi connectivity index (χ0) is 23.0. The second kappa shape index (κ2) is 8.12. The molecule has 0 saturated heterocycles. The molecule has 164 valence electrons. The monoisotopic (exact) mass is 450 g/mol. The molecule has 7 nitrogen and oxygen atoms in total. The van der Waals surface area contributed by atoms with Crippen LogP contribution in [0.1, 0.15) is 16.8 Å². The number of fused-ring (bicyclic) bond motifs is 1. The summed E-state index contributed by atoms with van der Waals surface area (Å²) in [6, 6.07) is 16.6. The van der Waals surface area contributed by atoms with Crippen LogP contribution in [-0.4, -0.2) is 28.6 Å². The lowest BCUT2D eigenvalue weighted by atomic mass is 10.0. The van der Waals surface area contributed by atoms with Crippen LogP contribution in [0, 0.1) is 6.92 Å². The van der Waals surface area contributed by atoms with E-state index in [0.717, 1.165) is 0 Å². The van der Waals surface area contributed by atoms with Crippen LogP contribution in [0.25, 0.3) is 10.9 Å². The second-order valence-electron chi connectivity index (χ2n) is 7.64. The van der Waals surface area contributed by atoms with Crippen LogP contribution in [-0.2, 0) is 34.6 Å². The number of carboxylic acids is 1. The Morgan fingerprint density at radius 2 is 1.66 bits per heavy atom. The highest BCUT2D eigenvalue weighted by Gasteiger charge is 2.24. The summed E-state index contributed by atoms with van der Waals surface area (Å²) in [6.07, 6.45) is 1.77. The van der Waals surface area contributed by atoms with E-state index in [1.165, 1.54) is 4.57 Å². The van der Waals surface area contributed by atoms with Gasteiger partial charge in [0, 0.05) is 25.4 Å². The lowest BCUT2D eigenvalue weighted by Gasteiger charge is -2.11. The number of hydrogen-bond acceptors (Lipinski definition) is 4. The van der Waals surface area contributed by atoms with Crippen molar-refractivity contribution in [2.45, 2.75) is 29.7 Å². The predicted molar refractivity (Wildman–Crippen MR) is 121 cm³/mol. The van der Waals surface area contributed by atoms with Gasteiger partial charge in [-0.2, -0.15) is 0 Å². The summed E-state index contributed by atoms with van der Waals surface area (Å²) in [5, 5.41) is 9.77. The van der Waals surface area contributed by atoms with Gasteiger partial charge in [0.25, 0.3) is 5.56 Å². The summed E-state index contributed by atoms with van der Waals surface area (Å²) < 4.78 is 29.7. The van der Waals surface area contributed by atoms with Crippen LogP contribution in [0.5, 0.6) is 0 Å². The molecular formula is C24H22N2O5S. The molecule has 8 heteroatoms. The first-order valence-electron chi connectivity index (χ1n) is 9.99. The zero-order valence-electron chi connectivity index (χ0n) is 17.6. The number of benzene rings is 2. The van der Waals surface area contributed by atoms with Gasteiger partial charge in [-0.1, -0.05) is 36.4 Å². The van der Waals surface area contributed by atoms with E-state index in [0.29, 0.717) is 27.7 Å². The average molecular weight is 451 g/mol. The minimum atomic E-state index is -3.77. The first-order valence-corrected chi connectivity index (χ1v) is 11.5. The fourth-order valence-electron chi connectivity index (χ4n) is 4.04. The molecular weight excluding hydrogens is 428 g/mol. The summed E-state index contributed by atoms with van der Waals surface area (Å²) in [5.41, 5.74) is 2.05. The summed E-state index contributed by atoms with van der Waals surface area (Å²) in [4.78, 5) is 24.8. The van der Waals surface area contributed by atoms with Crippen LogP contribution >= 0.6 is 0 Å². The molecule has 0 aliphatic heterocycles. The molecule has 0 spiro atoms. The maximum absolute atomic E-state index is 13.3. The standard InChI is InChI=1S/C24H22N2O5S/c1-16-19(23-20(26(16)15-22(27)28)12-13-25(2)24(23)29)14-17-8-6-7-11-21(17)32(30,31)18-9-4-3-5-10-18/h3-13H,14-15H2,1-2H3,(H,27,28). The van der Waals surface area contributed by atoms with E-state index >= 15 is 0 Å². The Morgan fingerprint density at radius 3 is 2.34 bits per heavy atom. The van der Waals surface area contributed by atoms with Gasteiger partial charge in [0.05, 0.1) is 20.7 Å². The van der Waals surface area contributed by atoms with Gasteiger partial charge in [0.1, 0.15) is 6.54 Å². The maximum Gasteiger partial charge on any atom is 0.323 e. The van der Waals surface area contributed by atoms with E-state index in [4.69, 9.17) is 0 Å². The van der Waals surface area contributed by atoms with Gasteiger partial charge >= 0.3 is 5.97 Å².